The summed E-state index contributed by atoms with van der Waals surface area (Å²) in [5.74, 6) is 0.454. The van der Waals surface area contributed by atoms with Crippen LogP contribution in [0.3, 0.4) is 0 Å². The highest BCUT2D eigenvalue weighted by Gasteiger charge is 2.24. The molecule has 0 fully saturated rings. The smallest absolute Gasteiger partial charge is 0.241 e. The highest BCUT2D eigenvalue weighted by atomic mass is 35.5. The van der Waals surface area contributed by atoms with Crippen molar-refractivity contribution in [1.29, 1.82) is 0 Å². The highest BCUT2D eigenvalue weighted by Crippen LogP contribution is 2.27. The number of amides is 1. The first kappa shape index (κ1) is 18.8. The first-order valence-electron chi connectivity index (χ1n) is 8.27. The Bertz CT molecular complexity index is 931. The molecule has 4 rings (SSSR count). The van der Waals surface area contributed by atoms with Gasteiger partial charge in [-0.3, -0.25) is 4.79 Å². The van der Waals surface area contributed by atoms with Crippen LogP contribution in [0.15, 0.2) is 48.8 Å². The third-order valence-corrected chi connectivity index (χ3v) is 4.45. The van der Waals surface area contributed by atoms with Gasteiger partial charge in [0.25, 0.3) is 0 Å². The SMILES string of the molecule is COc1cc(-n2cnnn2)ccc1NC(=O)[C@H]1Cc2ccccc2CN1.Cl. The molecule has 1 aliphatic heterocycles. The number of halogens is 1. The van der Waals surface area contributed by atoms with Crippen molar-refractivity contribution >= 4 is 24.0 Å². The molecule has 2 aromatic carbocycles. The third kappa shape index (κ3) is 3.91. The molecule has 0 saturated heterocycles. The Hall–Kier alpha value is -2.97. The quantitative estimate of drug-likeness (QED) is 0.709. The number of tetrazole rings is 1. The summed E-state index contributed by atoms with van der Waals surface area (Å²) in [6.07, 6.45) is 2.16. The molecule has 2 N–H and O–H groups in total. The molecule has 140 valence electrons. The fraction of sp³-hybridized carbons (Fsp3) is 0.222. The van der Waals surface area contributed by atoms with Gasteiger partial charge in [-0.25, -0.2) is 4.68 Å². The predicted octanol–water partition coefficient (Wildman–Crippen LogP) is 1.75. The van der Waals surface area contributed by atoms with E-state index in [1.54, 1.807) is 19.2 Å². The van der Waals surface area contributed by atoms with Gasteiger partial charge in [-0.1, -0.05) is 24.3 Å². The molecule has 3 aromatic rings. The Morgan fingerprint density at radius 2 is 2.07 bits per heavy atom. The lowest BCUT2D eigenvalue weighted by Crippen LogP contribution is -2.44. The van der Waals surface area contributed by atoms with Crippen molar-refractivity contribution in [2.45, 2.75) is 19.0 Å². The van der Waals surface area contributed by atoms with Gasteiger partial charge < -0.3 is 15.4 Å². The Morgan fingerprint density at radius 1 is 1.26 bits per heavy atom. The van der Waals surface area contributed by atoms with Gasteiger partial charge in [0, 0.05) is 12.6 Å². The number of benzene rings is 2. The molecule has 0 unspecified atom stereocenters. The third-order valence-electron chi connectivity index (χ3n) is 4.45. The van der Waals surface area contributed by atoms with Crippen LogP contribution in [0.5, 0.6) is 5.75 Å². The summed E-state index contributed by atoms with van der Waals surface area (Å²) < 4.78 is 6.93. The maximum absolute atomic E-state index is 12.7. The van der Waals surface area contributed by atoms with Crippen LogP contribution in [0.4, 0.5) is 5.69 Å². The second-order valence-electron chi connectivity index (χ2n) is 6.03. The minimum absolute atomic E-state index is 0. The van der Waals surface area contributed by atoms with E-state index in [4.69, 9.17) is 4.74 Å². The summed E-state index contributed by atoms with van der Waals surface area (Å²) in [6, 6.07) is 13.2. The maximum Gasteiger partial charge on any atom is 0.241 e. The van der Waals surface area contributed by atoms with E-state index in [1.807, 2.05) is 18.2 Å². The van der Waals surface area contributed by atoms with Crippen LogP contribution in [0, 0.1) is 0 Å². The van der Waals surface area contributed by atoms with Crippen molar-refractivity contribution < 1.29 is 9.53 Å². The molecule has 0 aliphatic carbocycles. The standard InChI is InChI=1S/C18H18N6O2.ClH/c1-26-17-9-14(24-11-20-22-23-24)6-7-15(17)21-18(25)16-8-12-4-2-3-5-13(12)10-19-16;/h2-7,9,11,16,19H,8,10H2,1H3,(H,21,25);1H/t16-;/m1./s1. The number of methoxy groups -OCH3 is 1. The number of rotatable bonds is 4. The average molecular weight is 387 g/mol. The number of hydrogen-bond acceptors (Lipinski definition) is 6. The molecule has 0 saturated carbocycles. The zero-order valence-corrected chi connectivity index (χ0v) is 15.4. The highest BCUT2D eigenvalue weighted by molar-refractivity contribution is 5.96. The number of carbonyl (C=O) groups excluding carboxylic acids is 1. The van der Waals surface area contributed by atoms with Crippen molar-refractivity contribution in [1.82, 2.24) is 25.5 Å². The Balaban J connectivity index is 0.00000210. The van der Waals surface area contributed by atoms with Crippen LogP contribution in [0.2, 0.25) is 0 Å². The van der Waals surface area contributed by atoms with Gasteiger partial charge in [0.05, 0.1) is 24.5 Å². The van der Waals surface area contributed by atoms with Gasteiger partial charge in [-0.2, -0.15) is 0 Å². The Morgan fingerprint density at radius 3 is 2.81 bits per heavy atom. The predicted molar refractivity (Wildman–Crippen MR) is 102 cm³/mol. The lowest BCUT2D eigenvalue weighted by atomic mass is 9.95. The molecule has 9 heteroatoms. The molecule has 1 atom stereocenters. The van der Waals surface area contributed by atoms with Gasteiger partial charge in [0.2, 0.25) is 5.91 Å². The van der Waals surface area contributed by atoms with Crippen molar-refractivity contribution in [3.05, 3.63) is 59.9 Å². The van der Waals surface area contributed by atoms with Gasteiger partial charge in [-0.05, 0) is 40.1 Å². The molecule has 1 aliphatic rings. The van der Waals surface area contributed by atoms with Crippen LogP contribution >= 0.6 is 12.4 Å². The number of fused-ring (bicyclic) bond motifs is 1. The molecular weight excluding hydrogens is 368 g/mol. The number of nitrogens with zero attached hydrogens (tertiary/aromatic N) is 4. The second-order valence-corrected chi connectivity index (χ2v) is 6.03. The zero-order valence-electron chi connectivity index (χ0n) is 14.6. The molecule has 0 spiro atoms. The minimum atomic E-state index is -0.284. The topological polar surface area (TPSA) is 94.0 Å². The van der Waals surface area contributed by atoms with Crippen LogP contribution < -0.4 is 15.4 Å². The fourth-order valence-corrected chi connectivity index (χ4v) is 3.06. The van der Waals surface area contributed by atoms with Crippen LogP contribution in [0.1, 0.15) is 11.1 Å². The van der Waals surface area contributed by atoms with Gasteiger partial charge in [0.1, 0.15) is 12.1 Å². The van der Waals surface area contributed by atoms with Crippen LogP contribution in [-0.2, 0) is 17.8 Å². The molecule has 8 nitrogen and oxygen atoms in total. The summed E-state index contributed by atoms with van der Waals surface area (Å²) in [5, 5.41) is 17.3. The van der Waals surface area contributed by atoms with E-state index in [1.165, 1.54) is 22.1 Å². The summed E-state index contributed by atoms with van der Waals surface area (Å²) in [6.45, 7) is 0.684. The van der Waals surface area contributed by atoms with Gasteiger partial charge >= 0.3 is 0 Å². The number of hydrogen-bond donors (Lipinski definition) is 2. The van der Waals surface area contributed by atoms with E-state index < -0.39 is 0 Å². The molecular formula is C18H19ClN6O2. The van der Waals surface area contributed by atoms with Gasteiger partial charge in [-0.15, -0.1) is 17.5 Å². The van der Waals surface area contributed by atoms with Crippen molar-refractivity contribution in [2.24, 2.45) is 0 Å². The zero-order chi connectivity index (χ0) is 17.9. The van der Waals surface area contributed by atoms with E-state index in [-0.39, 0.29) is 24.4 Å². The average Bonchev–Trinajstić information content (AvgIpc) is 3.22. The fourth-order valence-electron chi connectivity index (χ4n) is 3.06. The molecule has 27 heavy (non-hydrogen) atoms. The number of carbonyl (C=O) groups is 1. The molecule has 0 bridgehead atoms. The Labute approximate surface area is 162 Å². The van der Waals surface area contributed by atoms with E-state index in [2.05, 4.69) is 38.3 Å². The van der Waals surface area contributed by atoms with Crippen molar-refractivity contribution in [3.8, 4) is 11.4 Å². The first-order valence-corrected chi connectivity index (χ1v) is 8.27. The minimum Gasteiger partial charge on any atom is -0.494 e. The van der Waals surface area contributed by atoms with E-state index in [0.29, 0.717) is 24.4 Å². The van der Waals surface area contributed by atoms with Crippen molar-refractivity contribution in [3.63, 3.8) is 0 Å². The number of ether oxygens (including phenoxy) is 1. The van der Waals surface area contributed by atoms with E-state index in [0.717, 1.165) is 5.69 Å². The largest absolute Gasteiger partial charge is 0.494 e. The summed E-state index contributed by atoms with van der Waals surface area (Å²) in [7, 11) is 1.56. The molecule has 2 heterocycles. The summed E-state index contributed by atoms with van der Waals surface area (Å²) in [4.78, 5) is 12.7. The van der Waals surface area contributed by atoms with Crippen LogP contribution in [0.25, 0.3) is 5.69 Å². The number of anilines is 1. The maximum atomic E-state index is 12.7. The van der Waals surface area contributed by atoms with Crippen molar-refractivity contribution in [2.75, 3.05) is 12.4 Å². The molecule has 1 aromatic heterocycles. The monoisotopic (exact) mass is 386 g/mol. The second kappa shape index (κ2) is 8.15. The first-order chi connectivity index (χ1) is 12.7. The molecule has 0 radical (unpaired) electrons. The van der Waals surface area contributed by atoms with E-state index >= 15 is 0 Å². The Kier molecular flexibility index (Phi) is 5.68. The normalized spacial score (nSPS) is 15.4. The number of aromatic nitrogens is 4. The summed E-state index contributed by atoms with van der Waals surface area (Å²) >= 11 is 0. The lowest BCUT2D eigenvalue weighted by Gasteiger charge is -2.25. The number of nitrogens with one attached hydrogen (secondary N) is 2. The van der Waals surface area contributed by atoms with Gasteiger partial charge in [0.15, 0.2) is 0 Å². The molecule has 1 amide bonds. The summed E-state index contributed by atoms with van der Waals surface area (Å²) in [5.41, 5.74) is 3.79. The lowest BCUT2D eigenvalue weighted by molar-refractivity contribution is -0.118. The van der Waals surface area contributed by atoms with E-state index in [9.17, 15) is 4.79 Å². The van der Waals surface area contributed by atoms with Crippen LogP contribution in [-0.4, -0.2) is 39.3 Å².